The largest absolute Gasteiger partial charge is 0.441 e. The Balaban J connectivity index is 1.53. The first-order valence-electron chi connectivity index (χ1n) is 7.73. The number of likely N-dealkylation sites (tertiary alicyclic amines) is 1. The number of carbonyl (C=O) groups is 1. The van der Waals surface area contributed by atoms with E-state index in [4.69, 9.17) is 4.74 Å². The predicted molar refractivity (Wildman–Crippen MR) is 80.1 cm³/mol. The van der Waals surface area contributed by atoms with Crippen molar-refractivity contribution in [1.82, 2.24) is 14.8 Å². The van der Waals surface area contributed by atoms with Crippen LogP contribution in [0.25, 0.3) is 0 Å². The molecule has 3 rings (SSSR count). The molecule has 0 saturated carbocycles. The molecule has 2 aliphatic rings. The third kappa shape index (κ3) is 3.35. The van der Waals surface area contributed by atoms with Gasteiger partial charge in [0.2, 0.25) is 0 Å². The Kier molecular flexibility index (Phi) is 4.10. The Morgan fingerprint density at radius 2 is 2.24 bits per heavy atom. The SMILES string of the molecule is CN1CC2(CCCN(CCc3ccccn3)CC2)OC1=O. The first-order chi connectivity index (χ1) is 10.2. The van der Waals surface area contributed by atoms with Crippen LogP contribution in [-0.4, -0.2) is 59.7 Å². The molecule has 2 aliphatic heterocycles. The molecule has 1 atom stereocenters. The summed E-state index contributed by atoms with van der Waals surface area (Å²) in [5, 5.41) is 0. The van der Waals surface area contributed by atoms with E-state index in [2.05, 4.69) is 16.0 Å². The highest BCUT2D eigenvalue weighted by Gasteiger charge is 2.44. The minimum atomic E-state index is -0.244. The number of rotatable bonds is 3. The zero-order chi connectivity index (χ0) is 14.7. The van der Waals surface area contributed by atoms with Crippen LogP contribution in [0.5, 0.6) is 0 Å². The van der Waals surface area contributed by atoms with Gasteiger partial charge in [0.25, 0.3) is 0 Å². The van der Waals surface area contributed by atoms with E-state index in [9.17, 15) is 4.79 Å². The maximum atomic E-state index is 11.6. The molecule has 1 aromatic heterocycles. The van der Waals surface area contributed by atoms with Crippen LogP contribution in [0.2, 0.25) is 0 Å². The Labute approximate surface area is 125 Å². The summed E-state index contributed by atoms with van der Waals surface area (Å²) in [6.07, 6.45) is 5.66. The zero-order valence-corrected chi connectivity index (χ0v) is 12.6. The molecule has 5 heteroatoms. The average Bonchev–Trinajstić information content (AvgIpc) is 2.66. The van der Waals surface area contributed by atoms with Crippen molar-refractivity contribution >= 4 is 6.09 Å². The Hall–Kier alpha value is -1.62. The van der Waals surface area contributed by atoms with Gasteiger partial charge in [-0.3, -0.25) is 4.98 Å². The minimum Gasteiger partial charge on any atom is -0.441 e. The summed E-state index contributed by atoms with van der Waals surface area (Å²) in [6.45, 7) is 3.83. The summed E-state index contributed by atoms with van der Waals surface area (Å²) in [6, 6.07) is 6.06. The van der Waals surface area contributed by atoms with Crippen LogP contribution in [-0.2, 0) is 11.2 Å². The van der Waals surface area contributed by atoms with Crippen LogP contribution in [0.3, 0.4) is 0 Å². The van der Waals surface area contributed by atoms with Gasteiger partial charge < -0.3 is 14.5 Å². The molecule has 0 bridgehead atoms. The topological polar surface area (TPSA) is 45.7 Å². The Bertz CT molecular complexity index is 494. The smallest absolute Gasteiger partial charge is 0.410 e. The van der Waals surface area contributed by atoms with Crippen LogP contribution in [0, 0.1) is 0 Å². The van der Waals surface area contributed by atoms with Crippen molar-refractivity contribution in [3.05, 3.63) is 30.1 Å². The maximum absolute atomic E-state index is 11.6. The monoisotopic (exact) mass is 289 g/mol. The highest BCUT2D eigenvalue weighted by molar-refractivity contribution is 5.70. The minimum absolute atomic E-state index is 0.170. The van der Waals surface area contributed by atoms with Gasteiger partial charge in [-0.1, -0.05) is 6.07 Å². The summed E-state index contributed by atoms with van der Waals surface area (Å²) in [5.74, 6) is 0. The van der Waals surface area contributed by atoms with Gasteiger partial charge in [0.15, 0.2) is 0 Å². The fourth-order valence-corrected chi connectivity index (χ4v) is 3.32. The Morgan fingerprint density at radius 3 is 2.95 bits per heavy atom. The molecule has 0 N–H and O–H groups in total. The number of carbonyl (C=O) groups excluding carboxylic acids is 1. The average molecular weight is 289 g/mol. The zero-order valence-electron chi connectivity index (χ0n) is 12.6. The van der Waals surface area contributed by atoms with Crippen LogP contribution in [0.4, 0.5) is 4.79 Å². The molecule has 114 valence electrons. The second-order valence-electron chi connectivity index (χ2n) is 6.17. The van der Waals surface area contributed by atoms with Crippen LogP contribution in [0.15, 0.2) is 24.4 Å². The lowest BCUT2D eigenvalue weighted by molar-refractivity contribution is 0.0445. The van der Waals surface area contributed by atoms with Gasteiger partial charge in [-0.05, 0) is 31.5 Å². The third-order valence-electron chi connectivity index (χ3n) is 4.54. The predicted octanol–water partition coefficient (Wildman–Crippen LogP) is 1.93. The lowest BCUT2D eigenvalue weighted by Crippen LogP contribution is -2.35. The van der Waals surface area contributed by atoms with E-state index in [1.165, 1.54) is 0 Å². The van der Waals surface area contributed by atoms with Gasteiger partial charge in [0, 0.05) is 44.9 Å². The van der Waals surface area contributed by atoms with Crippen molar-refractivity contribution < 1.29 is 9.53 Å². The van der Waals surface area contributed by atoms with E-state index in [0.717, 1.165) is 57.6 Å². The number of hydrogen-bond donors (Lipinski definition) is 0. The van der Waals surface area contributed by atoms with E-state index in [0.29, 0.717) is 0 Å². The number of hydrogen-bond acceptors (Lipinski definition) is 4. The standard InChI is InChI=1S/C16H23N3O2/c1-18-13-16(21-15(18)20)7-4-10-19(12-8-16)11-6-14-5-2-3-9-17-14/h2-3,5,9H,4,6-8,10-13H2,1H3. The molecule has 2 fully saturated rings. The van der Waals surface area contributed by atoms with E-state index < -0.39 is 0 Å². The number of pyridine rings is 1. The van der Waals surface area contributed by atoms with Gasteiger partial charge in [-0.2, -0.15) is 0 Å². The van der Waals surface area contributed by atoms with Gasteiger partial charge in [0.05, 0.1) is 6.54 Å². The van der Waals surface area contributed by atoms with Crippen LogP contribution < -0.4 is 0 Å². The maximum Gasteiger partial charge on any atom is 0.410 e. The van der Waals surface area contributed by atoms with Crippen molar-refractivity contribution in [3.63, 3.8) is 0 Å². The molecule has 21 heavy (non-hydrogen) atoms. The lowest BCUT2D eigenvalue weighted by Gasteiger charge is -2.25. The highest BCUT2D eigenvalue weighted by atomic mass is 16.6. The first kappa shape index (κ1) is 14.3. The molecule has 0 aliphatic carbocycles. The number of aromatic nitrogens is 1. The second-order valence-corrected chi connectivity index (χ2v) is 6.17. The molecule has 1 spiro atoms. The fraction of sp³-hybridized carbons (Fsp3) is 0.625. The summed E-state index contributed by atoms with van der Waals surface area (Å²) >= 11 is 0. The molecule has 3 heterocycles. The van der Waals surface area contributed by atoms with Gasteiger partial charge in [-0.25, -0.2) is 4.79 Å². The van der Waals surface area contributed by atoms with E-state index >= 15 is 0 Å². The molecular weight excluding hydrogens is 266 g/mol. The number of amides is 1. The van der Waals surface area contributed by atoms with E-state index in [-0.39, 0.29) is 11.7 Å². The Morgan fingerprint density at radius 1 is 1.33 bits per heavy atom. The van der Waals surface area contributed by atoms with Crippen LogP contribution in [0.1, 0.15) is 25.0 Å². The summed E-state index contributed by atoms with van der Waals surface area (Å²) < 4.78 is 5.64. The normalized spacial score (nSPS) is 26.9. The third-order valence-corrected chi connectivity index (χ3v) is 4.54. The molecule has 0 radical (unpaired) electrons. The molecule has 1 amide bonds. The van der Waals surface area contributed by atoms with Crippen molar-refractivity contribution in [2.45, 2.75) is 31.3 Å². The van der Waals surface area contributed by atoms with Gasteiger partial charge in [-0.15, -0.1) is 0 Å². The second kappa shape index (κ2) is 6.02. The summed E-state index contributed by atoms with van der Waals surface area (Å²) in [7, 11) is 1.82. The lowest BCUT2D eigenvalue weighted by atomic mass is 9.95. The molecule has 1 aromatic rings. The molecule has 0 aromatic carbocycles. The summed E-state index contributed by atoms with van der Waals surface area (Å²) in [5.41, 5.74) is 0.898. The first-order valence-corrected chi connectivity index (χ1v) is 7.73. The molecule has 2 saturated heterocycles. The van der Waals surface area contributed by atoms with Crippen molar-refractivity contribution in [2.24, 2.45) is 0 Å². The molecule has 1 unspecified atom stereocenters. The van der Waals surface area contributed by atoms with Crippen LogP contribution >= 0.6 is 0 Å². The van der Waals surface area contributed by atoms with Gasteiger partial charge >= 0.3 is 6.09 Å². The molecular formula is C16H23N3O2. The van der Waals surface area contributed by atoms with E-state index in [1.54, 1.807) is 4.90 Å². The van der Waals surface area contributed by atoms with E-state index in [1.807, 2.05) is 25.4 Å². The van der Waals surface area contributed by atoms with Crippen molar-refractivity contribution in [2.75, 3.05) is 33.2 Å². The number of ether oxygens (including phenoxy) is 1. The number of likely N-dealkylation sites (N-methyl/N-ethyl adjacent to an activating group) is 1. The quantitative estimate of drug-likeness (QED) is 0.853. The van der Waals surface area contributed by atoms with Crippen molar-refractivity contribution in [1.29, 1.82) is 0 Å². The number of nitrogens with zero attached hydrogens (tertiary/aromatic N) is 3. The highest BCUT2D eigenvalue weighted by Crippen LogP contribution is 2.32. The van der Waals surface area contributed by atoms with Crippen molar-refractivity contribution in [3.8, 4) is 0 Å². The summed E-state index contributed by atoms with van der Waals surface area (Å²) in [4.78, 5) is 20.2. The fourth-order valence-electron chi connectivity index (χ4n) is 3.32. The van der Waals surface area contributed by atoms with Gasteiger partial charge in [0.1, 0.15) is 5.60 Å². The molecule has 5 nitrogen and oxygen atoms in total.